The fourth-order valence-corrected chi connectivity index (χ4v) is 3.16. The van der Waals surface area contributed by atoms with Crippen molar-refractivity contribution < 1.29 is 30.8 Å². The number of nitrogens with one attached hydrogen (secondary N) is 1. The van der Waals surface area contributed by atoms with Crippen molar-refractivity contribution in [3.8, 4) is 0 Å². The van der Waals surface area contributed by atoms with Crippen LogP contribution in [0.4, 0.5) is 17.6 Å². The van der Waals surface area contributed by atoms with Crippen molar-refractivity contribution in [1.82, 2.24) is 14.5 Å². The molecule has 1 heterocycles. The minimum absolute atomic E-state index is 0.106. The number of alkyl halides is 3. The second kappa shape index (κ2) is 7.00. The summed E-state index contributed by atoms with van der Waals surface area (Å²) in [7, 11) is -4.28. The molecule has 0 fully saturated rings. The van der Waals surface area contributed by atoms with Gasteiger partial charge < -0.3 is 0 Å². The molecule has 0 spiro atoms. The first-order valence-corrected chi connectivity index (χ1v) is 8.57. The van der Waals surface area contributed by atoms with E-state index in [1.165, 1.54) is 6.07 Å². The molecule has 1 amide bonds. The molecule has 25 heavy (non-hydrogen) atoms. The van der Waals surface area contributed by atoms with Gasteiger partial charge in [0.25, 0.3) is 5.91 Å². The summed E-state index contributed by atoms with van der Waals surface area (Å²) >= 11 is 5.65. The normalized spacial score (nSPS) is 12.2. The molecule has 0 aliphatic carbocycles. The van der Waals surface area contributed by atoms with Crippen molar-refractivity contribution in [3.63, 3.8) is 0 Å². The van der Waals surface area contributed by atoms with E-state index in [1.807, 2.05) is 0 Å². The third-order valence-corrected chi connectivity index (χ3v) is 4.32. The summed E-state index contributed by atoms with van der Waals surface area (Å²) in [6.45, 7) is -0.757. The SMILES string of the molecule is O=C(Cn1ccc(C(F)(F)F)n1)NS(=O)(=O)Cc1cc(Cl)ccc1F. The minimum atomic E-state index is -4.68. The van der Waals surface area contributed by atoms with E-state index in [2.05, 4.69) is 5.10 Å². The van der Waals surface area contributed by atoms with Gasteiger partial charge in [-0.05, 0) is 24.3 Å². The highest BCUT2D eigenvalue weighted by Gasteiger charge is 2.33. The van der Waals surface area contributed by atoms with Gasteiger partial charge in [0.1, 0.15) is 12.4 Å². The molecule has 2 aromatic rings. The summed E-state index contributed by atoms with van der Waals surface area (Å²) in [4.78, 5) is 11.7. The lowest BCUT2D eigenvalue weighted by molar-refractivity contribution is -0.141. The van der Waals surface area contributed by atoms with Gasteiger partial charge in [0.15, 0.2) is 5.69 Å². The minimum Gasteiger partial charge on any atom is -0.272 e. The molecule has 0 atom stereocenters. The van der Waals surface area contributed by atoms with Crippen LogP contribution in [0.2, 0.25) is 5.02 Å². The largest absolute Gasteiger partial charge is 0.435 e. The molecule has 1 aromatic heterocycles. The zero-order valence-electron chi connectivity index (χ0n) is 12.2. The zero-order valence-corrected chi connectivity index (χ0v) is 13.8. The van der Waals surface area contributed by atoms with Crippen LogP contribution >= 0.6 is 11.6 Å². The number of benzene rings is 1. The maximum absolute atomic E-state index is 13.5. The predicted octanol–water partition coefficient (Wildman–Crippen LogP) is 2.34. The molecule has 0 bridgehead atoms. The number of nitrogens with zero attached hydrogens (tertiary/aromatic N) is 2. The van der Waals surface area contributed by atoms with Crippen molar-refractivity contribution in [3.05, 3.63) is 52.6 Å². The van der Waals surface area contributed by atoms with Gasteiger partial charge in [-0.15, -0.1) is 0 Å². The summed E-state index contributed by atoms with van der Waals surface area (Å²) < 4.78 is 76.8. The molecule has 0 saturated carbocycles. The number of carbonyl (C=O) groups excluding carboxylic acids is 1. The van der Waals surface area contributed by atoms with E-state index in [4.69, 9.17) is 11.6 Å². The molecular weight excluding hydrogens is 390 g/mol. The first kappa shape index (κ1) is 19.2. The van der Waals surface area contributed by atoms with Gasteiger partial charge in [-0.25, -0.2) is 12.8 Å². The number of halogens is 5. The highest BCUT2D eigenvalue weighted by molar-refractivity contribution is 7.89. The van der Waals surface area contributed by atoms with Crippen LogP contribution in [-0.2, 0) is 33.3 Å². The summed E-state index contributed by atoms with van der Waals surface area (Å²) in [6, 6.07) is 3.92. The Morgan fingerprint density at radius 3 is 2.56 bits per heavy atom. The van der Waals surface area contributed by atoms with Crippen LogP contribution < -0.4 is 4.72 Å². The number of hydrogen-bond acceptors (Lipinski definition) is 4. The van der Waals surface area contributed by atoms with E-state index >= 15 is 0 Å². The molecule has 136 valence electrons. The molecule has 1 aromatic carbocycles. The molecule has 0 aliphatic rings. The molecule has 0 aliphatic heterocycles. The first-order chi connectivity index (χ1) is 11.5. The maximum Gasteiger partial charge on any atom is 0.435 e. The Kier molecular flexibility index (Phi) is 5.37. The predicted molar refractivity (Wildman–Crippen MR) is 79.4 cm³/mol. The Bertz CT molecular complexity index is 896. The van der Waals surface area contributed by atoms with Crippen LogP contribution in [0.5, 0.6) is 0 Å². The van der Waals surface area contributed by atoms with Crippen molar-refractivity contribution in [1.29, 1.82) is 0 Å². The maximum atomic E-state index is 13.5. The molecular formula is C13H10ClF4N3O3S. The molecule has 12 heteroatoms. The van der Waals surface area contributed by atoms with Gasteiger partial charge in [-0.2, -0.15) is 18.3 Å². The fraction of sp³-hybridized carbons (Fsp3) is 0.231. The molecule has 0 radical (unpaired) electrons. The first-order valence-electron chi connectivity index (χ1n) is 6.54. The van der Waals surface area contributed by atoms with Crippen molar-refractivity contribution in [2.75, 3.05) is 0 Å². The van der Waals surface area contributed by atoms with E-state index in [0.717, 1.165) is 18.3 Å². The Morgan fingerprint density at radius 2 is 1.96 bits per heavy atom. The van der Waals surface area contributed by atoms with E-state index in [9.17, 15) is 30.8 Å². The van der Waals surface area contributed by atoms with Crippen LogP contribution in [-0.4, -0.2) is 24.1 Å². The quantitative estimate of drug-likeness (QED) is 0.782. The second-order valence-electron chi connectivity index (χ2n) is 4.92. The highest BCUT2D eigenvalue weighted by Crippen LogP contribution is 2.27. The number of aromatic nitrogens is 2. The Labute approximate surface area is 144 Å². The van der Waals surface area contributed by atoms with Gasteiger partial charge in [-0.1, -0.05) is 11.6 Å². The van der Waals surface area contributed by atoms with Gasteiger partial charge in [0, 0.05) is 16.8 Å². The van der Waals surface area contributed by atoms with E-state index < -0.39 is 45.9 Å². The van der Waals surface area contributed by atoms with Crippen LogP contribution in [0, 0.1) is 5.82 Å². The van der Waals surface area contributed by atoms with Crippen LogP contribution in [0.3, 0.4) is 0 Å². The van der Waals surface area contributed by atoms with Crippen molar-refractivity contribution >= 4 is 27.5 Å². The average molecular weight is 400 g/mol. The van der Waals surface area contributed by atoms with Gasteiger partial charge in [0.2, 0.25) is 10.0 Å². The number of amides is 1. The lowest BCUT2D eigenvalue weighted by Gasteiger charge is -2.08. The molecule has 0 saturated heterocycles. The number of hydrogen-bond donors (Lipinski definition) is 1. The van der Waals surface area contributed by atoms with E-state index in [-0.39, 0.29) is 10.6 Å². The summed E-state index contributed by atoms with van der Waals surface area (Å²) in [5, 5.41) is 3.23. The lowest BCUT2D eigenvalue weighted by Crippen LogP contribution is -2.34. The van der Waals surface area contributed by atoms with Crippen molar-refractivity contribution in [2.45, 2.75) is 18.5 Å². The number of carbonyl (C=O) groups is 1. The van der Waals surface area contributed by atoms with Gasteiger partial charge >= 0.3 is 6.18 Å². The van der Waals surface area contributed by atoms with Crippen molar-refractivity contribution in [2.24, 2.45) is 0 Å². The number of rotatable bonds is 5. The second-order valence-corrected chi connectivity index (χ2v) is 7.08. The van der Waals surface area contributed by atoms with Crippen LogP contribution in [0.15, 0.2) is 30.5 Å². The Balaban J connectivity index is 2.04. The number of sulfonamides is 1. The summed E-state index contributed by atoms with van der Waals surface area (Å²) in [6.07, 6.45) is -3.80. The average Bonchev–Trinajstić information content (AvgIpc) is 2.90. The molecule has 2 rings (SSSR count). The molecule has 0 unspecified atom stereocenters. The molecule has 6 nitrogen and oxygen atoms in total. The molecule has 1 N–H and O–H groups in total. The third kappa shape index (κ3) is 5.43. The van der Waals surface area contributed by atoms with E-state index in [1.54, 1.807) is 4.72 Å². The van der Waals surface area contributed by atoms with Crippen LogP contribution in [0.25, 0.3) is 0 Å². The van der Waals surface area contributed by atoms with Crippen LogP contribution in [0.1, 0.15) is 11.3 Å². The Morgan fingerprint density at radius 1 is 1.28 bits per heavy atom. The topological polar surface area (TPSA) is 81.1 Å². The van der Waals surface area contributed by atoms with Gasteiger partial charge in [-0.3, -0.25) is 14.2 Å². The monoisotopic (exact) mass is 399 g/mol. The van der Waals surface area contributed by atoms with Gasteiger partial charge in [0.05, 0.1) is 5.75 Å². The zero-order chi connectivity index (χ0) is 18.8. The third-order valence-electron chi connectivity index (χ3n) is 2.86. The van der Waals surface area contributed by atoms with E-state index in [0.29, 0.717) is 10.7 Å². The Hall–Kier alpha value is -2.14. The summed E-state index contributed by atoms with van der Waals surface area (Å²) in [5.41, 5.74) is -1.48. The fourth-order valence-electron chi connectivity index (χ4n) is 1.85. The standard InChI is InChI=1S/C13H10ClF4N3O3S/c14-9-1-2-10(15)8(5-9)7-25(23,24)20-12(22)6-21-4-3-11(19-21)13(16,17)18/h1-5H,6-7H2,(H,20,22). The summed E-state index contributed by atoms with van der Waals surface area (Å²) in [5.74, 6) is -2.82. The lowest BCUT2D eigenvalue weighted by atomic mass is 10.2. The smallest absolute Gasteiger partial charge is 0.272 e. The highest BCUT2D eigenvalue weighted by atomic mass is 35.5.